The van der Waals surface area contributed by atoms with Crippen molar-refractivity contribution in [2.45, 2.75) is 50.6 Å². The lowest BCUT2D eigenvalue weighted by Crippen LogP contribution is -2.42. The molecule has 0 aromatic heterocycles. The van der Waals surface area contributed by atoms with E-state index in [9.17, 15) is 5.11 Å². The van der Waals surface area contributed by atoms with Gasteiger partial charge in [0.15, 0.2) is 6.29 Å². The average molecular weight is 218 g/mol. The second kappa shape index (κ2) is 5.80. The third-order valence-corrected chi connectivity index (χ3v) is 2.93. The van der Waals surface area contributed by atoms with Crippen LogP contribution in [0.1, 0.15) is 32.6 Å². The number of hydrogen-bond acceptors (Lipinski definition) is 4. The van der Waals surface area contributed by atoms with Gasteiger partial charge in [0.2, 0.25) is 0 Å². The van der Waals surface area contributed by atoms with E-state index in [0.717, 1.165) is 25.9 Å². The highest BCUT2D eigenvalue weighted by Crippen LogP contribution is 2.25. The highest BCUT2D eigenvalue weighted by atomic mass is 16.7. The molecule has 15 heavy (non-hydrogen) atoms. The van der Waals surface area contributed by atoms with E-state index in [4.69, 9.17) is 14.2 Å². The third-order valence-electron chi connectivity index (χ3n) is 2.93. The zero-order valence-corrected chi connectivity index (χ0v) is 9.86. The number of rotatable bonds is 6. The Bertz CT molecular complexity index is 171. The van der Waals surface area contributed by atoms with Gasteiger partial charge in [0.05, 0.1) is 6.10 Å². The molecule has 2 unspecified atom stereocenters. The fourth-order valence-electron chi connectivity index (χ4n) is 2.05. The first-order valence-electron chi connectivity index (χ1n) is 5.49. The van der Waals surface area contributed by atoms with Crippen LogP contribution in [0.5, 0.6) is 0 Å². The Hall–Kier alpha value is -0.160. The summed E-state index contributed by atoms with van der Waals surface area (Å²) in [7, 11) is 3.07. The standard InChI is InChI=1S/C11H22O4/c1-11(12,10(13-2)14-3)7-6-9-5-4-8-15-9/h9-10,12H,4-8H2,1-3H3. The third kappa shape index (κ3) is 3.72. The molecular formula is C11H22O4. The predicted octanol–water partition coefficient (Wildman–Crippen LogP) is 1.32. The van der Waals surface area contributed by atoms with Gasteiger partial charge < -0.3 is 19.3 Å². The van der Waals surface area contributed by atoms with Crippen molar-refractivity contribution in [1.29, 1.82) is 0 Å². The molecule has 2 atom stereocenters. The first kappa shape index (κ1) is 12.9. The van der Waals surface area contributed by atoms with Crippen molar-refractivity contribution in [3.8, 4) is 0 Å². The Kier molecular flexibility index (Phi) is 4.99. The molecule has 0 saturated carbocycles. The summed E-state index contributed by atoms with van der Waals surface area (Å²) in [6, 6.07) is 0. The number of methoxy groups -OCH3 is 2. The van der Waals surface area contributed by atoms with Crippen LogP contribution in [0.4, 0.5) is 0 Å². The van der Waals surface area contributed by atoms with Crippen LogP contribution in [0.15, 0.2) is 0 Å². The van der Waals surface area contributed by atoms with Crippen molar-refractivity contribution in [2.75, 3.05) is 20.8 Å². The number of aliphatic hydroxyl groups is 1. The van der Waals surface area contributed by atoms with Crippen LogP contribution in [0.25, 0.3) is 0 Å². The van der Waals surface area contributed by atoms with E-state index in [0.29, 0.717) is 12.5 Å². The van der Waals surface area contributed by atoms with Gasteiger partial charge >= 0.3 is 0 Å². The molecule has 0 aliphatic carbocycles. The summed E-state index contributed by atoms with van der Waals surface area (Å²) in [4.78, 5) is 0. The summed E-state index contributed by atoms with van der Waals surface area (Å²) >= 11 is 0. The molecule has 0 aromatic carbocycles. The lowest BCUT2D eigenvalue weighted by molar-refractivity contribution is -0.211. The zero-order chi connectivity index (χ0) is 11.3. The van der Waals surface area contributed by atoms with Gasteiger partial charge in [-0.2, -0.15) is 0 Å². The summed E-state index contributed by atoms with van der Waals surface area (Å²) in [6.45, 7) is 2.59. The molecule has 1 saturated heterocycles. The molecule has 1 N–H and O–H groups in total. The molecule has 1 fully saturated rings. The maximum Gasteiger partial charge on any atom is 0.185 e. The van der Waals surface area contributed by atoms with Crippen LogP contribution in [-0.4, -0.2) is 43.9 Å². The van der Waals surface area contributed by atoms with Crippen molar-refractivity contribution in [1.82, 2.24) is 0 Å². The molecule has 0 amide bonds. The molecule has 1 rings (SSSR count). The normalized spacial score (nSPS) is 25.8. The highest BCUT2D eigenvalue weighted by molar-refractivity contribution is 4.79. The van der Waals surface area contributed by atoms with Crippen LogP contribution in [-0.2, 0) is 14.2 Å². The second-order valence-electron chi connectivity index (χ2n) is 4.33. The Labute approximate surface area is 91.5 Å². The van der Waals surface area contributed by atoms with Crippen LogP contribution in [0.3, 0.4) is 0 Å². The van der Waals surface area contributed by atoms with E-state index >= 15 is 0 Å². The van der Waals surface area contributed by atoms with E-state index in [-0.39, 0.29) is 0 Å². The zero-order valence-electron chi connectivity index (χ0n) is 9.86. The summed E-state index contributed by atoms with van der Waals surface area (Å²) in [6.07, 6.45) is 3.44. The molecule has 90 valence electrons. The molecule has 0 aromatic rings. The van der Waals surface area contributed by atoms with Gasteiger partial charge in [-0.25, -0.2) is 0 Å². The van der Waals surface area contributed by atoms with Gasteiger partial charge in [0.25, 0.3) is 0 Å². The minimum absolute atomic E-state index is 0.297. The van der Waals surface area contributed by atoms with Crippen molar-refractivity contribution in [3.63, 3.8) is 0 Å². The van der Waals surface area contributed by atoms with Gasteiger partial charge in [-0.1, -0.05) is 0 Å². The number of ether oxygens (including phenoxy) is 3. The molecule has 4 nitrogen and oxygen atoms in total. The van der Waals surface area contributed by atoms with E-state index < -0.39 is 11.9 Å². The Morgan fingerprint density at radius 2 is 2.13 bits per heavy atom. The average Bonchev–Trinajstić information content (AvgIpc) is 2.69. The van der Waals surface area contributed by atoms with Crippen molar-refractivity contribution >= 4 is 0 Å². The van der Waals surface area contributed by atoms with Crippen molar-refractivity contribution < 1.29 is 19.3 Å². The molecule has 0 bridgehead atoms. The first-order chi connectivity index (χ1) is 7.10. The monoisotopic (exact) mass is 218 g/mol. The van der Waals surface area contributed by atoms with Gasteiger partial charge in [0, 0.05) is 20.8 Å². The largest absolute Gasteiger partial charge is 0.385 e. The van der Waals surface area contributed by atoms with Crippen molar-refractivity contribution in [3.05, 3.63) is 0 Å². The van der Waals surface area contributed by atoms with Crippen LogP contribution < -0.4 is 0 Å². The smallest absolute Gasteiger partial charge is 0.185 e. The van der Waals surface area contributed by atoms with Gasteiger partial charge in [-0.3, -0.25) is 0 Å². The summed E-state index contributed by atoms with van der Waals surface area (Å²) in [5.41, 5.74) is -0.949. The van der Waals surface area contributed by atoms with E-state index in [1.807, 2.05) is 0 Å². The molecule has 0 radical (unpaired) electrons. The Balaban J connectivity index is 2.33. The predicted molar refractivity (Wildman–Crippen MR) is 56.6 cm³/mol. The molecule has 4 heteroatoms. The summed E-state index contributed by atoms with van der Waals surface area (Å²) in [5, 5.41) is 10.1. The van der Waals surface area contributed by atoms with Crippen molar-refractivity contribution in [2.24, 2.45) is 0 Å². The van der Waals surface area contributed by atoms with Crippen LogP contribution in [0.2, 0.25) is 0 Å². The fourth-order valence-corrected chi connectivity index (χ4v) is 2.05. The summed E-state index contributed by atoms with van der Waals surface area (Å²) in [5.74, 6) is 0. The first-order valence-corrected chi connectivity index (χ1v) is 5.49. The molecule has 0 spiro atoms. The van der Waals surface area contributed by atoms with E-state index in [1.54, 1.807) is 6.92 Å². The minimum Gasteiger partial charge on any atom is -0.385 e. The molecule has 1 aliphatic heterocycles. The molecular weight excluding hydrogens is 196 g/mol. The van der Waals surface area contributed by atoms with Gasteiger partial charge in [-0.15, -0.1) is 0 Å². The second-order valence-corrected chi connectivity index (χ2v) is 4.33. The van der Waals surface area contributed by atoms with Gasteiger partial charge in [0.1, 0.15) is 5.60 Å². The highest BCUT2D eigenvalue weighted by Gasteiger charge is 2.33. The molecule has 1 aliphatic rings. The minimum atomic E-state index is -0.949. The summed E-state index contributed by atoms with van der Waals surface area (Å²) < 4.78 is 15.6. The lowest BCUT2D eigenvalue weighted by atomic mass is 9.96. The quantitative estimate of drug-likeness (QED) is 0.683. The lowest BCUT2D eigenvalue weighted by Gasteiger charge is -2.31. The van der Waals surface area contributed by atoms with Crippen LogP contribution >= 0.6 is 0 Å². The van der Waals surface area contributed by atoms with E-state index in [1.165, 1.54) is 14.2 Å². The van der Waals surface area contributed by atoms with Gasteiger partial charge in [-0.05, 0) is 32.6 Å². The topological polar surface area (TPSA) is 47.9 Å². The number of hydrogen-bond donors (Lipinski definition) is 1. The van der Waals surface area contributed by atoms with Crippen LogP contribution in [0, 0.1) is 0 Å². The fraction of sp³-hybridized carbons (Fsp3) is 1.00. The Morgan fingerprint density at radius 3 is 2.60 bits per heavy atom. The molecule has 1 heterocycles. The maximum atomic E-state index is 10.1. The maximum absolute atomic E-state index is 10.1. The Morgan fingerprint density at radius 1 is 1.47 bits per heavy atom. The van der Waals surface area contributed by atoms with E-state index in [2.05, 4.69) is 0 Å². The SMILES string of the molecule is COC(OC)C(C)(O)CCC1CCCO1.